The van der Waals surface area contributed by atoms with Crippen molar-refractivity contribution in [3.8, 4) is 11.5 Å². The van der Waals surface area contributed by atoms with Gasteiger partial charge in [0.2, 0.25) is 0 Å². The molecule has 1 heterocycles. The molecule has 1 aliphatic heterocycles. The molecule has 0 bridgehead atoms. The third kappa shape index (κ3) is 2.84. The van der Waals surface area contributed by atoms with Gasteiger partial charge in [0.05, 0.1) is 14.2 Å². The molecule has 7 heteroatoms. The minimum Gasteiger partial charge on any atom is -0.497 e. The Bertz CT molecular complexity index is 460. The number of methoxy groups -OCH3 is 2. The summed E-state index contributed by atoms with van der Waals surface area (Å²) in [6.07, 6.45) is -0.139. The van der Waals surface area contributed by atoms with Crippen LogP contribution in [0.25, 0.3) is 0 Å². The molecule has 1 saturated heterocycles. The molecule has 0 spiro atoms. The van der Waals surface area contributed by atoms with E-state index in [4.69, 9.17) is 30.3 Å². The predicted octanol–water partition coefficient (Wildman–Crippen LogP) is 2.24. The van der Waals surface area contributed by atoms with Crippen LogP contribution in [0.15, 0.2) is 18.2 Å². The third-order valence-corrected chi connectivity index (χ3v) is 5.40. The second-order valence-electron chi connectivity index (χ2n) is 3.78. The maximum Gasteiger partial charge on any atom is 0.261 e. The van der Waals surface area contributed by atoms with Gasteiger partial charge in [-0.25, -0.2) is 5.09 Å². The highest BCUT2D eigenvalue weighted by atomic mass is 32.5. The highest BCUT2D eigenvalue weighted by Crippen LogP contribution is 2.53. The molecule has 1 aliphatic rings. The molecule has 2 atom stereocenters. The van der Waals surface area contributed by atoms with Gasteiger partial charge in [-0.1, -0.05) is 0 Å². The first-order valence-electron chi connectivity index (χ1n) is 5.42. The SMILES string of the molecule is COc1cc(OC)cc(C2CNP(=S)(OC)O2)c1. The Morgan fingerprint density at radius 1 is 1.22 bits per heavy atom. The van der Waals surface area contributed by atoms with E-state index in [0.717, 1.165) is 17.1 Å². The Labute approximate surface area is 112 Å². The van der Waals surface area contributed by atoms with Crippen LogP contribution >= 0.6 is 6.64 Å². The van der Waals surface area contributed by atoms with Gasteiger partial charge in [0.25, 0.3) is 6.64 Å². The van der Waals surface area contributed by atoms with E-state index in [-0.39, 0.29) is 6.10 Å². The van der Waals surface area contributed by atoms with E-state index in [1.165, 1.54) is 0 Å². The van der Waals surface area contributed by atoms with Gasteiger partial charge < -0.3 is 18.5 Å². The van der Waals surface area contributed by atoms with Crippen LogP contribution in [0.2, 0.25) is 0 Å². The summed E-state index contributed by atoms with van der Waals surface area (Å²) in [6, 6.07) is 5.64. The third-order valence-electron chi connectivity index (χ3n) is 2.72. The van der Waals surface area contributed by atoms with Crippen LogP contribution in [0.1, 0.15) is 11.7 Å². The molecular formula is C11H16NO4PS. The normalized spacial score (nSPS) is 27.2. The summed E-state index contributed by atoms with van der Waals surface area (Å²) in [7, 11) is 4.79. The Morgan fingerprint density at radius 3 is 2.28 bits per heavy atom. The van der Waals surface area contributed by atoms with Crippen molar-refractivity contribution in [3.63, 3.8) is 0 Å². The number of nitrogens with one attached hydrogen (secondary N) is 1. The van der Waals surface area contributed by atoms with Crippen molar-refractivity contribution in [1.82, 2.24) is 5.09 Å². The lowest BCUT2D eigenvalue weighted by atomic mass is 10.1. The summed E-state index contributed by atoms with van der Waals surface area (Å²) >= 11 is 5.26. The highest BCUT2D eigenvalue weighted by molar-refractivity contribution is 8.09. The highest BCUT2D eigenvalue weighted by Gasteiger charge is 2.32. The van der Waals surface area contributed by atoms with Crippen molar-refractivity contribution in [2.45, 2.75) is 6.10 Å². The molecule has 5 nitrogen and oxygen atoms in total. The quantitative estimate of drug-likeness (QED) is 0.858. The van der Waals surface area contributed by atoms with E-state index in [0.29, 0.717) is 6.54 Å². The topological polar surface area (TPSA) is 49.0 Å². The smallest absolute Gasteiger partial charge is 0.261 e. The van der Waals surface area contributed by atoms with Gasteiger partial charge in [-0.3, -0.25) is 0 Å². The standard InChI is InChI=1S/C11H16NO4PS/c1-13-9-4-8(5-10(6-9)14-2)11-7-12-17(18,15-3)16-11/h4-6,11H,7H2,1-3H3,(H,12,18). The van der Waals surface area contributed by atoms with Crippen molar-refractivity contribution in [2.24, 2.45) is 0 Å². The average Bonchev–Trinajstić information content (AvgIpc) is 2.81. The first-order valence-corrected chi connectivity index (χ1v) is 8.06. The Balaban J connectivity index is 2.26. The summed E-state index contributed by atoms with van der Waals surface area (Å²) in [5.74, 6) is 1.45. The minimum atomic E-state index is -2.32. The van der Waals surface area contributed by atoms with Crippen LogP contribution in [-0.2, 0) is 20.9 Å². The largest absolute Gasteiger partial charge is 0.497 e. The fourth-order valence-electron chi connectivity index (χ4n) is 1.74. The van der Waals surface area contributed by atoms with Crippen LogP contribution < -0.4 is 14.6 Å². The first kappa shape index (κ1) is 13.8. The Kier molecular flexibility index (Phi) is 4.25. The summed E-state index contributed by atoms with van der Waals surface area (Å²) in [4.78, 5) is 0. The van der Waals surface area contributed by atoms with Crippen molar-refractivity contribution in [1.29, 1.82) is 0 Å². The summed E-state index contributed by atoms with van der Waals surface area (Å²) in [5, 5.41) is 3.11. The molecular weight excluding hydrogens is 273 g/mol. The van der Waals surface area contributed by atoms with Crippen LogP contribution in [0.4, 0.5) is 0 Å². The number of rotatable bonds is 4. The lowest BCUT2D eigenvalue weighted by Gasteiger charge is -2.15. The maximum absolute atomic E-state index is 5.76. The van der Waals surface area contributed by atoms with Crippen molar-refractivity contribution >= 4 is 18.4 Å². The monoisotopic (exact) mass is 289 g/mol. The van der Waals surface area contributed by atoms with Gasteiger partial charge in [-0.15, -0.1) is 0 Å². The van der Waals surface area contributed by atoms with Gasteiger partial charge in [0.1, 0.15) is 17.6 Å². The summed E-state index contributed by atoms with van der Waals surface area (Å²) in [6.45, 7) is -1.69. The lowest BCUT2D eigenvalue weighted by Crippen LogP contribution is -2.07. The Hall–Kier alpha value is -0.650. The second kappa shape index (κ2) is 5.55. The lowest BCUT2D eigenvalue weighted by molar-refractivity contribution is 0.232. The van der Waals surface area contributed by atoms with Gasteiger partial charge in [-0.05, 0) is 29.5 Å². The van der Waals surface area contributed by atoms with Gasteiger partial charge in [0, 0.05) is 19.7 Å². The van der Waals surface area contributed by atoms with E-state index in [1.54, 1.807) is 21.3 Å². The van der Waals surface area contributed by atoms with Crippen LogP contribution in [-0.4, -0.2) is 27.9 Å². The maximum atomic E-state index is 5.76. The predicted molar refractivity (Wildman–Crippen MR) is 72.7 cm³/mol. The second-order valence-corrected chi connectivity index (χ2v) is 7.11. The number of benzene rings is 1. The summed E-state index contributed by atoms with van der Waals surface area (Å²) in [5.41, 5.74) is 0.961. The molecule has 0 saturated carbocycles. The van der Waals surface area contributed by atoms with Crippen LogP contribution in [0.3, 0.4) is 0 Å². The van der Waals surface area contributed by atoms with Crippen molar-refractivity contribution < 1.29 is 18.5 Å². The zero-order chi connectivity index (χ0) is 13.2. The Morgan fingerprint density at radius 2 is 1.83 bits per heavy atom. The number of hydrogen-bond acceptors (Lipinski definition) is 5. The molecule has 100 valence electrons. The molecule has 2 unspecified atom stereocenters. The first-order chi connectivity index (χ1) is 8.60. The van der Waals surface area contributed by atoms with E-state index in [9.17, 15) is 0 Å². The average molecular weight is 289 g/mol. The molecule has 1 fully saturated rings. The van der Waals surface area contributed by atoms with Gasteiger partial charge in [-0.2, -0.15) is 0 Å². The van der Waals surface area contributed by atoms with Crippen molar-refractivity contribution in [2.75, 3.05) is 27.9 Å². The molecule has 1 N–H and O–H groups in total. The molecule has 0 aliphatic carbocycles. The number of ether oxygens (including phenoxy) is 2. The molecule has 0 aromatic heterocycles. The van der Waals surface area contributed by atoms with Gasteiger partial charge in [0.15, 0.2) is 0 Å². The molecule has 0 amide bonds. The van der Waals surface area contributed by atoms with Crippen molar-refractivity contribution in [3.05, 3.63) is 23.8 Å². The minimum absolute atomic E-state index is 0.139. The van der Waals surface area contributed by atoms with Crippen LogP contribution in [0, 0.1) is 0 Å². The summed E-state index contributed by atoms with van der Waals surface area (Å²) < 4.78 is 21.4. The van der Waals surface area contributed by atoms with E-state index < -0.39 is 6.64 Å². The van der Waals surface area contributed by atoms with Gasteiger partial charge >= 0.3 is 0 Å². The molecule has 2 rings (SSSR count). The molecule has 1 aromatic carbocycles. The zero-order valence-electron chi connectivity index (χ0n) is 10.5. The van der Waals surface area contributed by atoms with Crippen LogP contribution in [0.5, 0.6) is 11.5 Å². The van der Waals surface area contributed by atoms with E-state index in [1.807, 2.05) is 18.2 Å². The molecule has 1 aromatic rings. The van der Waals surface area contributed by atoms with E-state index >= 15 is 0 Å². The fourth-order valence-corrected chi connectivity index (χ4v) is 3.48. The molecule has 0 radical (unpaired) electrons. The van der Waals surface area contributed by atoms with E-state index in [2.05, 4.69) is 5.09 Å². The number of hydrogen-bond donors (Lipinski definition) is 1. The zero-order valence-corrected chi connectivity index (χ0v) is 12.2. The fraction of sp³-hybridized carbons (Fsp3) is 0.455. The molecule has 18 heavy (non-hydrogen) atoms.